The Hall–Kier alpha value is -2.27. The summed E-state index contributed by atoms with van der Waals surface area (Å²) in [7, 11) is 0. The predicted octanol–water partition coefficient (Wildman–Crippen LogP) is 2.67. The second kappa shape index (κ2) is 6.92. The summed E-state index contributed by atoms with van der Waals surface area (Å²) >= 11 is 0. The van der Waals surface area contributed by atoms with Crippen molar-refractivity contribution in [3.05, 3.63) is 65.7 Å². The third-order valence-corrected chi connectivity index (χ3v) is 5.20. The molecular formula is C20H22FN3O. The normalized spacial score (nSPS) is 23.5. The highest BCUT2D eigenvalue weighted by molar-refractivity contribution is 5.83. The first-order valence-corrected chi connectivity index (χ1v) is 8.87. The molecule has 0 N–H and O–H groups in total. The minimum Gasteiger partial charge on any atom is -0.340 e. The van der Waals surface area contributed by atoms with Gasteiger partial charge in [-0.3, -0.25) is 14.7 Å². The van der Waals surface area contributed by atoms with Gasteiger partial charge >= 0.3 is 0 Å². The van der Waals surface area contributed by atoms with Crippen molar-refractivity contribution in [1.82, 2.24) is 14.8 Å². The molecule has 1 aliphatic heterocycles. The Morgan fingerprint density at radius 1 is 1.08 bits per heavy atom. The second-order valence-corrected chi connectivity index (χ2v) is 6.92. The van der Waals surface area contributed by atoms with Gasteiger partial charge in [-0.15, -0.1) is 0 Å². The maximum absolute atomic E-state index is 13.0. The van der Waals surface area contributed by atoms with Gasteiger partial charge in [-0.05, 0) is 42.2 Å². The first-order chi connectivity index (χ1) is 12.2. The number of aromatic nitrogens is 1. The van der Waals surface area contributed by atoms with Gasteiger partial charge in [0.25, 0.3) is 0 Å². The van der Waals surface area contributed by atoms with E-state index in [1.807, 2.05) is 29.3 Å². The Bertz CT molecular complexity index is 726. The summed E-state index contributed by atoms with van der Waals surface area (Å²) in [5.41, 5.74) is 2.15. The minimum absolute atomic E-state index is 0.0767. The number of rotatable bonds is 4. The van der Waals surface area contributed by atoms with E-state index >= 15 is 0 Å². The molecule has 2 atom stereocenters. The van der Waals surface area contributed by atoms with E-state index in [0.717, 1.165) is 50.4 Å². The molecular weight excluding hydrogens is 317 g/mol. The van der Waals surface area contributed by atoms with Crippen LogP contribution in [0.1, 0.15) is 23.6 Å². The zero-order valence-electron chi connectivity index (χ0n) is 14.1. The van der Waals surface area contributed by atoms with Crippen molar-refractivity contribution >= 4 is 5.91 Å². The average Bonchev–Trinajstić information content (AvgIpc) is 3.44. The van der Waals surface area contributed by atoms with Crippen LogP contribution in [0.15, 0.2) is 48.7 Å². The van der Waals surface area contributed by atoms with E-state index in [1.54, 1.807) is 12.1 Å². The van der Waals surface area contributed by atoms with Gasteiger partial charge in [-0.25, -0.2) is 4.39 Å². The van der Waals surface area contributed by atoms with Crippen LogP contribution in [0.5, 0.6) is 0 Å². The zero-order chi connectivity index (χ0) is 17.2. The molecule has 1 aliphatic carbocycles. The Kier molecular flexibility index (Phi) is 4.49. The summed E-state index contributed by atoms with van der Waals surface area (Å²) in [4.78, 5) is 21.4. The van der Waals surface area contributed by atoms with Crippen LogP contribution in [-0.2, 0) is 11.3 Å². The van der Waals surface area contributed by atoms with Crippen molar-refractivity contribution in [2.24, 2.45) is 5.92 Å². The lowest BCUT2D eigenvalue weighted by atomic mass is 10.1. The molecule has 1 amide bonds. The van der Waals surface area contributed by atoms with E-state index < -0.39 is 0 Å². The number of amides is 1. The molecule has 2 fully saturated rings. The Morgan fingerprint density at radius 2 is 1.84 bits per heavy atom. The van der Waals surface area contributed by atoms with Crippen LogP contribution in [0.4, 0.5) is 4.39 Å². The first kappa shape index (κ1) is 16.2. The number of carbonyl (C=O) groups excluding carboxylic acids is 1. The van der Waals surface area contributed by atoms with Gasteiger partial charge in [-0.2, -0.15) is 0 Å². The summed E-state index contributed by atoms with van der Waals surface area (Å²) in [6, 6.07) is 12.5. The molecule has 2 aromatic rings. The molecule has 2 heterocycles. The number of pyridine rings is 1. The lowest BCUT2D eigenvalue weighted by Gasteiger charge is -2.34. The molecule has 0 bridgehead atoms. The standard InChI is InChI=1S/C20H22FN3O/c21-16-6-4-15(5-7-16)18-13-19(18)20(25)24-11-9-23(10-12-24)14-17-3-1-2-8-22-17/h1-8,18-19H,9-14H2/t18-,19+/m1/s1. The molecule has 25 heavy (non-hydrogen) atoms. The summed E-state index contributed by atoms with van der Waals surface area (Å²) in [6.07, 6.45) is 2.70. The highest BCUT2D eigenvalue weighted by atomic mass is 19.1. The maximum Gasteiger partial charge on any atom is 0.226 e. The fourth-order valence-corrected chi connectivity index (χ4v) is 3.63. The highest BCUT2D eigenvalue weighted by Crippen LogP contribution is 2.48. The van der Waals surface area contributed by atoms with Crippen LogP contribution in [0.3, 0.4) is 0 Å². The van der Waals surface area contributed by atoms with Crippen LogP contribution >= 0.6 is 0 Å². The quantitative estimate of drug-likeness (QED) is 0.859. The SMILES string of the molecule is O=C([C@H]1C[C@@H]1c1ccc(F)cc1)N1CCN(Cc2ccccn2)CC1. The zero-order valence-corrected chi connectivity index (χ0v) is 14.1. The number of hydrogen-bond acceptors (Lipinski definition) is 3. The minimum atomic E-state index is -0.226. The molecule has 0 radical (unpaired) electrons. The number of benzene rings is 1. The van der Waals surface area contributed by atoms with Crippen molar-refractivity contribution in [3.63, 3.8) is 0 Å². The monoisotopic (exact) mass is 339 g/mol. The molecule has 130 valence electrons. The van der Waals surface area contributed by atoms with Gasteiger partial charge in [0.1, 0.15) is 5.82 Å². The van der Waals surface area contributed by atoms with Crippen LogP contribution in [-0.4, -0.2) is 46.9 Å². The Labute approximate surface area is 147 Å². The van der Waals surface area contributed by atoms with E-state index in [2.05, 4.69) is 9.88 Å². The van der Waals surface area contributed by atoms with E-state index in [0.29, 0.717) is 0 Å². The smallest absolute Gasteiger partial charge is 0.226 e. The fourth-order valence-electron chi connectivity index (χ4n) is 3.63. The molecule has 5 heteroatoms. The molecule has 1 saturated carbocycles. The molecule has 2 aliphatic rings. The van der Waals surface area contributed by atoms with Crippen LogP contribution in [0.25, 0.3) is 0 Å². The van der Waals surface area contributed by atoms with Gasteiger partial charge in [0.15, 0.2) is 0 Å². The summed E-state index contributed by atoms with van der Waals surface area (Å²) in [5, 5.41) is 0. The third-order valence-electron chi connectivity index (χ3n) is 5.20. The molecule has 4 nitrogen and oxygen atoms in total. The van der Waals surface area contributed by atoms with Gasteiger partial charge in [0.05, 0.1) is 5.69 Å². The average molecular weight is 339 g/mol. The number of piperazine rings is 1. The van der Waals surface area contributed by atoms with Crippen LogP contribution in [0, 0.1) is 11.7 Å². The van der Waals surface area contributed by atoms with E-state index in [1.165, 1.54) is 12.1 Å². The lowest BCUT2D eigenvalue weighted by Crippen LogP contribution is -2.48. The molecule has 4 rings (SSSR count). The predicted molar refractivity (Wildman–Crippen MR) is 93.3 cm³/mol. The van der Waals surface area contributed by atoms with Gasteiger partial charge in [0.2, 0.25) is 5.91 Å². The van der Waals surface area contributed by atoms with E-state index in [-0.39, 0.29) is 23.6 Å². The molecule has 1 saturated heterocycles. The van der Waals surface area contributed by atoms with Crippen molar-refractivity contribution in [2.75, 3.05) is 26.2 Å². The first-order valence-electron chi connectivity index (χ1n) is 8.87. The fraction of sp³-hybridized carbons (Fsp3) is 0.400. The Morgan fingerprint density at radius 3 is 2.52 bits per heavy atom. The lowest BCUT2D eigenvalue weighted by molar-refractivity contribution is -0.134. The molecule has 1 aromatic carbocycles. The van der Waals surface area contributed by atoms with Crippen molar-refractivity contribution < 1.29 is 9.18 Å². The van der Waals surface area contributed by atoms with Crippen LogP contribution in [0.2, 0.25) is 0 Å². The number of halogens is 1. The van der Waals surface area contributed by atoms with Gasteiger partial charge in [0, 0.05) is 44.8 Å². The van der Waals surface area contributed by atoms with Gasteiger partial charge < -0.3 is 4.90 Å². The Balaban J connectivity index is 1.28. The van der Waals surface area contributed by atoms with Crippen LogP contribution < -0.4 is 0 Å². The summed E-state index contributed by atoms with van der Waals surface area (Å²) in [5.74, 6) is 0.371. The maximum atomic E-state index is 13.0. The van der Waals surface area contributed by atoms with Crippen molar-refractivity contribution in [2.45, 2.75) is 18.9 Å². The topological polar surface area (TPSA) is 36.4 Å². The van der Waals surface area contributed by atoms with E-state index in [9.17, 15) is 9.18 Å². The van der Waals surface area contributed by atoms with Crippen molar-refractivity contribution in [3.8, 4) is 0 Å². The second-order valence-electron chi connectivity index (χ2n) is 6.92. The van der Waals surface area contributed by atoms with E-state index in [4.69, 9.17) is 0 Å². The highest BCUT2D eigenvalue weighted by Gasteiger charge is 2.46. The third kappa shape index (κ3) is 3.71. The van der Waals surface area contributed by atoms with Gasteiger partial charge in [-0.1, -0.05) is 18.2 Å². The number of hydrogen-bond donors (Lipinski definition) is 0. The largest absolute Gasteiger partial charge is 0.340 e. The molecule has 0 unspecified atom stereocenters. The number of carbonyl (C=O) groups is 1. The number of nitrogens with zero attached hydrogens (tertiary/aromatic N) is 3. The summed E-state index contributed by atoms with van der Waals surface area (Å²) in [6.45, 7) is 4.16. The summed E-state index contributed by atoms with van der Waals surface area (Å²) < 4.78 is 13.0. The van der Waals surface area contributed by atoms with Crippen molar-refractivity contribution in [1.29, 1.82) is 0 Å². The molecule has 1 aromatic heterocycles. The molecule has 0 spiro atoms.